The zero-order valence-electron chi connectivity index (χ0n) is 12.2. The molecule has 23 heavy (non-hydrogen) atoms. The lowest BCUT2D eigenvalue weighted by Gasteiger charge is -2.31. The van der Waals surface area contributed by atoms with Crippen molar-refractivity contribution in [2.24, 2.45) is 0 Å². The lowest BCUT2D eigenvalue weighted by Crippen LogP contribution is -2.38. The van der Waals surface area contributed by atoms with E-state index in [0.29, 0.717) is 16.5 Å². The summed E-state index contributed by atoms with van der Waals surface area (Å²) in [5.41, 5.74) is 0.575. The van der Waals surface area contributed by atoms with Crippen molar-refractivity contribution in [1.82, 2.24) is 24.7 Å². The van der Waals surface area contributed by atoms with Crippen molar-refractivity contribution < 1.29 is 4.79 Å². The monoisotopic (exact) mass is 347 g/mol. The molecule has 2 aromatic heterocycles. The number of benzene rings is 1. The zero-order valence-corrected chi connectivity index (χ0v) is 13.8. The Kier molecular flexibility index (Phi) is 3.74. The van der Waals surface area contributed by atoms with Gasteiger partial charge in [0.2, 0.25) is 4.96 Å². The highest BCUT2D eigenvalue weighted by Gasteiger charge is 2.27. The summed E-state index contributed by atoms with van der Waals surface area (Å²) < 4.78 is 1.71. The summed E-state index contributed by atoms with van der Waals surface area (Å²) in [5.74, 6) is 0.379. The number of piperidine rings is 1. The van der Waals surface area contributed by atoms with Crippen LogP contribution in [0.5, 0.6) is 0 Å². The van der Waals surface area contributed by atoms with Gasteiger partial charge in [0.1, 0.15) is 11.3 Å². The summed E-state index contributed by atoms with van der Waals surface area (Å²) >= 11 is 7.70. The van der Waals surface area contributed by atoms with Crippen LogP contribution in [-0.4, -0.2) is 43.7 Å². The van der Waals surface area contributed by atoms with Crippen molar-refractivity contribution in [3.8, 4) is 0 Å². The van der Waals surface area contributed by atoms with E-state index in [1.54, 1.807) is 34.3 Å². The molecule has 1 aliphatic heterocycles. The van der Waals surface area contributed by atoms with Crippen LogP contribution in [0.4, 0.5) is 0 Å². The number of amides is 1. The van der Waals surface area contributed by atoms with Crippen molar-refractivity contribution in [3.05, 3.63) is 46.2 Å². The van der Waals surface area contributed by atoms with Gasteiger partial charge in [-0.05, 0) is 25.0 Å². The molecular formula is C15H14ClN5OS. The second-order valence-corrected chi connectivity index (χ2v) is 6.94. The highest BCUT2D eigenvalue weighted by Crippen LogP contribution is 2.31. The van der Waals surface area contributed by atoms with Crippen molar-refractivity contribution in [3.63, 3.8) is 0 Å². The van der Waals surface area contributed by atoms with Crippen LogP contribution in [0.1, 0.15) is 34.1 Å². The van der Waals surface area contributed by atoms with Crippen LogP contribution in [0.25, 0.3) is 4.96 Å². The van der Waals surface area contributed by atoms with Gasteiger partial charge in [-0.25, -0.2) is 0 Å². The molecule has 0 spiro atoms. The Hall–Kier alpha value is -1.99. The number of halogens is 1. The number of aromatic nitrogens is 4. The van der Waals surface area contributed by atoms with Crippen molar-refractivity contribution in [2.75, 3.05) is 13.1 Å². The smallest absolute Gasteiger partial charge is 0.255 e. The van der Waals surface area contributed by atoms with Gasteiger partial charge < -0.3 is 4.90 Å². The molecule has 0 unspecified atom stereocenters. The standard InChI is InChI=1S/C15H14ClN5OS/c16-12-4-2-1-3-11(12)14(22)20-7-5-10(6-8-20)13-19-21-9-17-18-15(21)23-13/h1-4,9-10H,5-8H2. The van der Waals surface area contributed by atoms with Crippen LogP contribution < -0.4 is 0 Å². The Morgan fingerprint density at radius 1 is 1.26 bits per heavy atom. The first-order valence-electron chi connectivity index (χ1n) is 7.43. The minimum atomic E-state index is 0.00666. The van der Waals surface area contributed by atoms with E-state index in [0.717, 1.165) is 35.9 Å². The number of carbonyl (C=O) groups excluding carboxylic acids is 1. The summed E-state index contributed by atoms with van der Waals surface area (Å²) in [4.78, 5) is 15.3. The molecule has 1 fully saturated rings. The van der Waals surface area contributed by atoms with Gasteiger partial charge in [0.15, 0.2) is 0 Å². The molecule has 4 rings (SSSR count). The fraction of sp³-hybridized carbons (Fsp3) is 0.333. The summed E-state index contributed by atoms with van der Waals surface area (Å²) in [6, 6.07) is 7.20. The van der Waals surface area contributed by atoms with E-state index in [2.05, 4.69) is 15.3 Å². The van der Waals surface area contributed by atoms with E-state index in [1.165, 1.54) is 0 Å². The highest BCUT2D eigenvalue weighted by molar-refractivity contribution is 7.16. The Bertz CT molecular complexity index is 824. The number of rotatable bonds is 2. The van der Waals surface area contributed by atoms with Crippen LogP contribution in [-0.2, 0) is 0 Å². The molecule has 1 aliphatic rings. The average molecular weight is 348 g/mol. The van der Waals surface area contributed by atoms with Crippen LogP contribution in [0.15, 0.2) is 30.6 Å². The zero-order chi connectivity index (χ0) is 15.8. The second kappa shape index (κ2) is 5.90. The molecule has 0 N–H and O–H groups in total. The van der Waals surface area contributed by atoms with Crippen molar-refractivity contribution in [1.29, 1.82) is 0 Å². The number of hydrogen-bond acceptors (Lipinski definition) is 5. The van der Waals surface area contributed by atoms with Gasteiger partial charge in [0, 0.05) is 19.0 Å². The van der Waals surface area contributed by atoms with E-state index in [4.69, 9.17) is 11.6 Å². The number of likely N-dealkylation sites (tertiary alicyclic amines) is 1. The maximum Gasteiger partial charge on any atom is 0.255 e. The third kappa shape index (κ3) is 2.70. The largest absolute Gasteiger partial charge is 0.339 e. The SMILES string of the molecule is O=C(c1ccccc1Cl)N1CCC(c2nn3cnnc3s2)CC1. The van der Waals surface area contributed by atoms with Crippen LogP contribution in [0.2, 0.25) is 5.02 Å². The number of fused-ring (bicyclic) bond motifs is 1. The third-order valence-corrected chi connectivity index (χ3v) is 5.54. The quantitative estimate of drug-likeness (QED) is 0.715. The predicted octanol–water partition coefficient (Wildman–Crippen LogP) is 2.86. The van der Waals surface area contributed by atoms with E-state index < -0.39 is 0 Å². The summed E-state index contributed by atoms with van der Waals surface area (Å²) in [5, 5.41) is 13.9. The molecule has 3 heterocycles. The van der Waals surface area contributed by atoms with Crippen LogP contribution >= 0.6 is 22.9 Å². The van der Waals surface area contributed by atoms with Gasteiger partial charge in [-0.2, -0.15) is 9.61 Å². The molecule has 0 bridgehead atoms. The van der Waals surface area contributed by atoms with Gasteiger partial charge in [0.25, 0.3) is 5.91 Å². The number of hydrogen-bond donors (Lipinski definition) is 0. The molecule has 118 valence electrons. The highest BCUT2D eigenvalue weighted by atomic mass is 35.5. The molecule has 0 aliphatic carbocycles. The topological polar surface area (TPSA) is 63.4 Å². The number of carbonyl (C=O) groups is 1. The fourth-order valence-electron chi connectivity index (χ4n) is 2.87. The van der Waals surface area contributed by atoms with E-state index >= 15 is 0 Å². The first-order chi connectivity index (χ1) is 11.2. The molecule has 0 saturated carbocycles. The molecule has 1 amide bonds. The van der Waals surface area contributed by atoms with Gasteiger partial charge in [-0.1, -0.05) is 35.1 Å². The molecule has 8 heteroatoms. The molecular weight excluding hydrogens is 334 g/mol. The van der Waals surface area contributed by atoms with E-state index in [-0.39, 0.29) is 5.91 Å². The van der Waals surface area contributed by atoms with Gasteiger partial charge in [-0.15, -0.1) is 10.2 Å². The van der Waals surface area contributed by atoms with Gasteiger partial charge in [-0.3, -0.25) is 4.79 Å². The predicted molar refractivity (Wildman–Crippen MR) is 88.0 cm³/mol. The first kappa shape index (κ1) is 14.6. The molecule has 6 nitrogen and oxygen atoms in total. The van der Waals surface area contributed by atoms with Crippen molar-refractivity contribution >= 4 is 33.8 Å². The van der Waals surface area contributed by atoms with Crippen molar-refractivity contribution in [2.45, 2.75) is 18.8 Å². The molecule has 0 atom stereocenters. The maximum absolute atomic E-state index is 12.6. The second-order valence-electron chi connectivity index (χ2n) is 5.54. The lowest BCUT2D eigenvalue weighted by molar-refractivity contribution is 0.0713. The van der Waals surface area contributed by atoms with Crippen LogP contribution in [0, 0.1) is 0 Å². The molecule has 0 radical (unpaired) electrons. The average Bonchev–Trinajstić information content (AvgIpc) is 3.16. The van der Waals surface area contributed by atoms with Gasteiger partial charge >= 0.3 is 0 Å². The molecule has 1 saturated heterocycles. The van der Waals surface area contributed by atoms with Gasteiger partial charge in [0.05, 0.1) is 10.6 Å². The minimum Gasteiger partial charge on any atom is -0.339 e. The molecule has 1 aromatic carbocycles. The number of nitrogens with zero attached hydrogens (tertiary/aromatic N) is 5. The Morgan fingerprint density at radius 2 is 2.04 bits per heavy atom. The van der Waals surface area contributed by atoms with Crippen LogP contribution in [0.3, 0.4) is 0 Å². The van der Waals surface area contributed by atoms with E-state index in [1.807, 2.05) is 17.0 Å². The third-order valence-electron chi connectivity index (χ3n) is 4.14. The Morgan fingerprint density at radius 3 is 2.78 bits per heavy atom. The summed E-state index contributed by atoms with van der Waals surface area (Å²) in [6.45, 7) is 1.43. The summed E-state index contributed by atoms with van der Waals surface area (Å²) in [6.07, 6.45) is 3.42. The van der Waals surface area contributed by atoms with E-state index in [9.17, 15) is 4.79 Å². The Labute approximate surface area is 141 Å². The Balaban J connectivity index is 1.45. The molecule has 3 aromatic rings. The minimum absolute atomic E-state index is 0.00666. The lowest BCUT2D eigenvalue weighted by atomic mass is 9.97. The fourth-order valence-corrected chi connectivity index (χ4v) is 4.08. The maximum atomic E-state index is 12.6. The normalized spacial score (nSPS) is 16.1. The summed E-state index contributed by atoms with van der Waals surface area (Å²) in [7, 11) is 0. The first-order valence-corrected chi connectivity index (χ1v) is 8.62.